The molecule has 0 aliphatic carbocycles. The van der Waals surface area contributed by atoms with E-state index in [0.29, 0.717) is 10.3 Å². The van der Waals surface area contributed by atoms with E-state index in [2.05, 4.69) is 15.3 Å². The summed E-state index contributed by atoms with van der Waals surface area (Å²) in [6.07, 6.45) is 2.98. The first-order valence-electron chi connectivity index (χ1n) is 5.16. The average molecular weight is 301 g/mol. The van der Waals surface area contributed by atoms with Crippen LogP contribution in [-0.2, 0) is 10.0 Å². The lowest BCUT2D eigenvalue weighted by Gasteiger charge is -2.02. The third kappa shape index (κ3) is 3.16. The standard InChI is InChI=1S/C9H11N5O3S2/c10-5-6-9(14-2-1-12-6)18-7(5)8(15)13-3-4-19(11,16)17/h1-2H,3-4,10H2,(H,13,15)(H2,11,16,17). The molecule has 0 aliphatic heterocycles. The van der Waals surface area contributed by atoms with Gasteiger partial charge in [-0.25, -0.2) is 23.5 Å². The second-order valence-electron chi connectivity index (χ2n) is 3.68. The van der Waals surface area contributed by atoms with Crippen molar-refractivity contribution in [2.45, 2.75) is 0 Å². The molecule has 5 N–H and O–H groups in total. The van der Waals surface area contributed by atoms with Crippen LogP contribution in [0.4, 0.5) is 5.69 Å². The first kappa shape index (κ1) is 13.6. The lowest BCUT2D eigenvalue weighted by atomic mass is 10.3. The van der Waals surface area contributed by atoms with Crippen LogP contribution in [0, 0.1) is 0 Å². The molecule has 0 fully saturated rings. The van der Waals surface area contributed by atoms with Crippen LogP contribution in [0.15, 0.2) is 12.4 Å². The zero-order valence-electron chi connectivity index (χ0n) is 9.66. The van der Waals surface area contributed by atoms with E-state index in [0.717, 1.165) is 11.3 Å². The second kappa shape index (κ2) is 5.07. The molecule has 0 radical (unpaired) electrons. The summed E-state index contributed by atoms with van der Waals surface area (Å²) >= 11 is 1.10. The lowest BCUT2D eigenvalue weighted by molar-refractivity contribution is 0.0961. The number of nitrogens with two attached hydrogens (primary N) is 2. The summed E-state index contributed by atoms with van der Waals surface area (Å²) in [7, 11) is -3.60. The topological polar surface area (TPSA) is 141 Å². The zero-order valence-corrected chi connectivity index (χ0v) is 11.3. The number of hydrogen-bond donors (Lipinski definition) is 3. The van der Waals surface area contributed by atoms with E-state index < -0.39 is 15.9 Å². The van der Waals surface area contributed by atoms with Crippen LogP contribution in [0.2, 0.25) is 0 Å². The summed E-state index contributed by atoms with van der Waals surface area (Å²) < 4.78 is 21.5. The summed E-state index contributed by atoms with van der Waals surface area (Å²) in [4.78, 5) is 20.7. The number of carbonyl (C=O) groups is 1. The van der Waals surface area contributed by atoms with Crippen LogP contribution in [0.5, 0.6) is 0 Å². The Hall–Kier alpha value is -1.78. The third-order valence-electron chi connectivity index (χ3n) is 2.24. The molecule has 8 nitrogen and oxygen atoms in total. The number of thiophene rings is 1. The molecule has 102 valence electrons. The average Bonchev–Trinajstić information content (AvgIpc) is 2.66. The van der Waals surface area contributed by atoms with Gasteiger partial charge in [0.25, 0.3) is 5.91 Å². The van der Waals surface area contributed by atoms with Gasteiger partial charge in [-0.1, -0.05) is 0 Å². The maximum atomic E-state index is 11.8. The van der Waals surface area contributed by atoms with Gasteiger partial charge in [0.15, 0.2) is 0 Å². The zero-order chi connectivity index (χ0) is 14.0. The molecule has 2 rings (SSSR count). The number of nitrogens with one attached hydrogen (secondary N) is 1. The van der Waals surface area contributed by atoms with Crippen LogP contribution in [0.1, 0.15) is 9.67 Å². The van der Waals surface area contributed by atoms with E-state index in [-0.39, 0.29) is 22.9 Å². The predicted molar refractivity (Wildman–Crippen MR) is 72.1 cm³/mol. The number of amides is 1. The number of carbonyl (C=O) groups excluding carboxylic acids is 1. The van der Waals surface area contributed by atoms with Crippen molar-refractivity contribution in [3.63, 3.8) is 0 Å². The third-order valence-corrected chi connectivity index (χ3v) is 4.12. The van der Waals surface area contributed by atoms with Gasteiger partial charge in [-0.15, -0.1) is 11.3 Å². The first-order chi connectivity index (χ1) is 8.88. The van der Waals surface area contributed by atoms with E-state index in [1.54, 1.807) is 0 Å². The van der Waals surface area contributed by atoms with E-state index in [4.69, 9.17) is 10.9 Å². The number of sulfonamides is 1. The van der Waals surface area contributed by atoms with Crippen molar-refractivity contribution in [1.82, 2.24) is 15.3 Å². The predicted octanol–water partition coefficient (Wildman–Crippen LogP) is -0.708. The van der Waals surface area contributed by atoms with Crippen molar-refractivity contribution in [2.75, 3.05) is 18.0 Å². The number of fused-ring (bicyclic) bond motifs is 1. The minimum absolute atomic E-state index is 0.0772. The molecule has 0 saturated heterocycles. The fourth-order valence-electron chi connectivity index (χ4n) is 1.40. The highest BCUT2D eigenvalue weighted by Crippen LogP contribution is 2.30. The molecule has 1 amide bonds. The van der Waals surface area contributed by atoms with Gasteiger partial charge in [0, 0.05) is 18.9 Å². The Kier molecular flexibility index (Phi) is 3.64. The maximum Gasteiger partial charge on any atom is 0.263 e. The van der Waals surface area contributed by atoms with Gasteiger partial charge >= 0.3 is 0 Å². The number of primary sulfonamides is 1. The van der Waals surface area contributed by atoms with Crippen molar-refractivity contribution < 1.29 is 13.2 Å². The molecule has 0 aromatic carbocycles. The molecular weight excluding hydrogens is 290 g/mol. The number of rotatable bonds is 4. The highest BCUT2D eigenvalue weighted by molar-refractivity contribution is 7.89. The molecule has 0 atom stereocenters. The van der Waals surface area contributed by atoms with Crippen LogP contribution < -0.4 is 16.2 Å². The SMILES string of the molecule is Nc1c(C(=O)NCCS(N)(=O)=O)sc2nccnc12. The molecule has 0 spiro atoms. The number of nitrogens with zero attached hydrogens (tertiary/aromatic N) is 2. The van der Waals surface area contributed by atoms with Gasteiger partial charge in [0.05, 0.1) is 11.4 Å². The Bertz CT molecular complexity index is 725. The fourth-order valence-corrected chi connectivity index (χ4v) is 2.72. The molecule has 0 aliphatic rings. The normalized spacial score (nSPS) is 11.6. The maximum absolute atomic E-state index is 11.8. The summed E-state index contributed by atoms with van der Waals surface area (Å²) in [5.74, 6) is -0.800. The van der Waals surface area contributed by atoms with E-state index in [1.165, 1.54) is 12.4 Å². The Morgan fingerprint density at radius 3 is 2.68 bits per heavy atom. The minimum atomic E-state index is -3.60. The quantitative estimate of drug-likeness (QED) is 0.681. The molecule has 2 heterocycles. The van der Waals surface area contributed by atoms with Crippen LogP contribution in [0.25, 0.3) is 10.3 Å². The van der Waals surface area contributed by atoms with Gasteiger partial charge in [0.1, 0.15) is 15.2 Å². The number of nitrogen functional groups attached to an aromatic ring is 1. The van der Waals surface area contributed by atoms with Gasteiger partial charge in [-0.3, -0.25) is 4.79 Å². The Morgan fingerprint density at radius 2 is 2.05 bits per heavy atom. The first-order valence-corrected chi connectivity index (χ1v) is 7.69. The largest absolute Gasteiger partial charge is 0.396 e. The van der Waals surface area contributed by atoms with Crippen LogP contribution in [-0.4, -0.2) is 36.6 Å². The minimum Gasteiger partial charge on any atom is -0.396 e. The molecule has 19 heavy (non-hydrogen) atoms. The molecule has 2 aromatic rings. The summed E-state index contributed by atoms with van der Waals surface area (Å²) in [5.41, 5.74) is 6.50. The van der Waals surface area contributed by atoms with E-state index >= 15 is 0 Å². The summed E-state index contributed by atoms with van der Waals surface area (Å²) in [5, 5.41) is 7.26. The Labute approximate surface area is 112 Å². The van der Waals surface area contributed by atoms with Gasteiger partial charge in [0.2, 0.25) is 10.0 Å². The molecular formula is C9H11N5O3S2. The second-order valence-corrected chi connectivity index (χ2v) is 6.41. The van der Waals surface area contributed by atoms with Gasteiger partial charge in [-0.05, 0) is 0 Å². The molecule has 2 aromatic heterocycles. The van der Waals surface area contributed by atoms with E-state index in [9.17, 15) is 13.2 Å². The van der Waals surface area contributed by atoms with Crippen LogP contribution in [0.3, 0.4) is 0 Å². The summed E-state index contributed by atoms with van der Waals surface area (Å²) in [6.45, 7) is -0.0772. The number of aromatic nitrogens is 2. The van der Waals surface area contributed by atoms with Crippen molar-refractivity contribution in [1.29, 1.82) is 0 Å². The highest BCUT2D eigenvalue weighted by Gasteiger charge is 2.17. The summed E-state index contributed by atoms with van der Waals surface area (Å²) in [6, 6.07) is 0. The van der Waals surface area contributed by atoms with Gasteiger partial charge in [-0.2, -0.15) is 0 Å². The van der Waals surface area contributed by atoms with Crippen molar-refractivity contribution >= 4 is 43.3 Å². The van der Waals surface area contributed by atoms with Crippen molar-refractivity contribution in [2.24, 2.45) is 5.14 Å². The molecule has 0 saturated carbocycles. The smallest absolute Gasteiger partial charge is 0.263 e. The monoisotopic (exact) mass is 301 g/mol. The fraction of sp³-hybridized carbons (Fsp3) is 0.222. The van der Waals surface area contributed by atoms with Crippen molar-refractivity contribution in [3.05, 3.63) is 17.3 Å². The molecule has 0 bridgehead atoms. The lowest BCUT2D eigenvalue weighted by Crippen LogP contribution is -2.31. The Balaban J connectivity index is 2.16. The highest BCUT2D eigenvalue weighted by atomic mass is 32.2. The molecule has 0 unspecified atom stereocenters. The van der Waals surface area contributed by atoms with Gasteiger partial charge < -0.3 is 11.1 Å². The number of anilines is 1. The number of hydrogen-bond acceptors (Lipinski definition) is 7. The van der Waals surface area contributed by atoms with E-state index in [1.807, 2.05) is 0 Å². The van der Waals surface area contributed by atoms with Crippen molar-refractivity contribution in [3.8, 4) is 0 Å². The molecule has 10 heteroatoms. The Morgan fingerprint density at radius 1 is 1.37 bits per heavy atom. The van der Waals surface area contributed by atoms with Crippen LogP contribution >= 0.6 is 11.3 Å².